The maximum absolute atomic E-state index is 13.5. The standard InChI is InChI=1S/C29H52N2O6/c1-12-28(9,24(35)37-27(7,8)18-25(2,3)4)20-29(10,22(33)30-11)19-26(5,6)23(34)36-17-16-31-15-13-14-21(31)32/h12-20H2,1-11H3,(H,30,33). The number of hydrogen-bond donors (Lipinski definition) is 1. The first kappa shape index (κ1) is 32.9. The third kappa shape index (κ3) is 9.60. The number of esters is 2. The first-order valence-electron chi connectivity index (χ1n) is 13.6. The van der Waals surface area contributed by atoms with E-state index in [1.807, 2.05) is 27.7 Å². The first-order valence-corrected chi connectivity index (χ1v) is 13.6. The molecule has 0 spiro atoms. The predicted molar refractivity (Wildman–Crippen MR) is 145 cm³/mol. The molecule has 2 atom stereocenters. The van der Waals surface area contributed by atoms with Crippen LogP contribution >= 0.6 is 0 Å². The minimum Gasteiger partial charge on any atom is -0.463 e. The van der Waals surface area contributed by atoms with Gasteiger partial charge in [0, 0.05) is 25.4 Å². The molecule has 0 radical (unpaired) electrons. The van der Waals surface area contributed by atoms with Gasteiger partial charge in [0.2, 0.25) is 11.8 Å². The van der Waals surface area contributed by atoms with Gasteiger partial charge in [0.1, 0.15) is 12.2 Å². The molecule has 1 heterocycles. The molecule has 1 aliphatic heterocycles. The normalized spacial score (nSPS) is 18.1. The fourth-order valence-corrected chi connectivity index (χ4v) is 5.85. The van der Waals surface area contributed by atoms with Crippen LogP contribution in [0.4, 0.5) is 0 Å². The molecule has 1 N–H and O–H groups in total. The minimum absolute atomic E-state index is 0.0184. The highest BCUT2D eigenvalue weighted by molar-refractivity contribution is 5.85. The van der Waals surface area contributed by atoms with Crippen molar-refractivity contribution >= 4 is 23.8 Å². The van der Waals surface area contributed by atoms with Gasteiger partial charge in [-0.1, -0.05) is 34.6 Å². The molecule has 1 fully saturated rings. The van der Waals surface area contributed by atoms with Crippen LogP contribution in [0.1, 0.15) is 108 Å². The highest BCUT2D eigenvalue weighted by Crippen LogP contribution is 2.46. The topological polar surface area (TPSA) is 102 Å². The smallest absolute Gasteiger partial charge is 0.312 e. The summed E-state index contributed by atoms with van der Waals surface area (Å²) in [4.78, 5) is 53.3. The number of rotatable bonds is 13. The lowest BCUT2D eigenvalue weighted by Crippen LogP contribution is -2.48. The van der Waals surface area contributed by atoms with Gasteiger partial charge in [-0.05, 0) is 72.1 Å². The molecule has 0 saturated carbocycles. The molecule has 2 amide bonds. The number of amides is 2. The van der Waals surface area contributed by atoms with Crippen molar-refractivity contribution in [3.8, 4) is 0 Å². The summed E-state index contributed by atoms with van der Waals surface area (Å²) >= 11 is 0. The van der Waals surface area contributed by atoms with Crippen LogP contribution in [0.5, 0.6) is 0 Å². The molecule has 214 valence electrons. The third-order valence-electron chi connectivity index (χ3n) is 7.30. The maximum Gasteiger partial charge on any atom is 0.312 e. The van der Waals surface area contributed by atoms with E-state index in [1.165, 1.54) is 0 Å². The fraction of sp³-hybridized carbons (Fsp3) is 0.862. The van der Waals surface area contributed by atoms with Crippen LogP contribution in [0.15, 0.2) is 0 Å². The van der Waals surface area contributed by atoms with Gasteiger partial charge in [-0.3, -0.25) is 19.2 Å². The lowest BCUT2D eigenvalue weighted by Gasteiger charge is -2.41. The van der Waals surface area contributed by atoms with Gasteiger partial charge in [0.05, 0.1) is 17.4 Å². The lowest BCUT2D eigenvalue weighted by atomic mass is 9.64. The Morgan fingerprint density at radius 1 is 0.892 bits per heavy atom. The second-order valence-corrected chi connectivity index (χ2v) is 13.8. The zero-order chi connectivity index (χ0) is 28.9. The van der Waals surface area contributed by atoms with E-state index in [-0.39, 0.29) is 42.6 Å². The molecule has 0 bridgehead atoms. The Hall–Kier alpha value is -2.12. The van der Waals surface area contributed by atoms with Gasteiger partial charge in [-0.2, -0.15) is 0 Å². The van der Waals surface area contributed by atoms with Crippen LogP contribution in [0.3, 0.4) is 0 Å². The molecule has 0 aromatic heterocycles. The number of nitrogens with one attached hydrogen (secondary N) is 1. The first-order chi connectivity index (χ1) is 16.7. The summed E-state index contributed by atoms with van der Waals surface area (Å²) in [6.45, 7) is 20.4. The molecule has 2 unspecified atom stereocenters. The quantitative estimate of drug-likeness (QED) is 0.344. The van der Waals surface area contributed by atoms with Crippen molar-refractivity contribution in [2.75, 3.05) is 26.7 Å². The number of likely N-dealkylation sites (tertiary alicyclic amines) is 1. The summed E-state index contributed by atoms with van der Waals surface area (Å²) in [7, 11) is 1.56. The molecule has 0 aromatic carbocycles. The summed E-state index contributed by atoms with van der Waals surface area (Å²) in [5, 5.41) is 2.73. The van der Waals surface area contributed by atoms with E-state index in [0.29, 0.717) is 32.4 Å². The van der Waals surface area contributed by atoms with Crippen LogP contribution in [0.25, 0.3) is 0 Å². The van der Waals surface area contributed by atoms with E-state index in [1.54, 1.807) is 32.7 Å². The monoisotopic (exact) mass is 524 g/mol. The molecular formula is C29H52N2O6. The summed E-state index contributed by atoms with van der Waals surface area (Å²) < 4.78 is 11.6. The van der Waals surface area contributed by atoms with Crippen molar-refractivity contribution < 1.29 is 28.7 Å². The number of hydrogen-bond acceptors (Lipinski definition) is 6. The van der Waals surface area contributed by atoms with Crippen molar-refractivity contribution in [2.24, 2.45) is 21.7 Å². The van der Waals surface area contributed by atoms with Crippen molar-refractivity contribution in [1.29, 1.82) is 0 Å². The second-order valence-electron chi connectivity index (χ2n) is 13.8. The number of ether oxygens (including phenoxy) is 2. The third-order valence-corrected chi connectivity index (χ3v) is 7.30. The van der Waals surface area contributed by atoms with E-state index in [4.69, 9.17) is 9.47 Å². The molecule has 0 aromatic rings. The lowest BCUT2D eigenvalue weighted by molar-refractivity contribution is -0.174. The van der Waals surface area contributed by atoms with Gasteiger partial charge < -0.3 is 19.7 Å². The summed E-state index contributed by atoms with van der Waals surface area (Å²) in [6, 6.07) is 0. The van der Waals surface area contributed by atoms with Gasteiger partial charge in [0.15, 0.2) is 0 Å². The Morgan fingerprint density at radius 3 is 1.95 bits per heavy atom. The summed E-state index contributed by atoms with van der Waals surface area (Å²) in [5.74, 6) is -0.923. The van der Waals surface area contributed by atoms with E-state index < -0.39 is 27.8 Å². The molecule has 37 heavy (non-hydrogen) atoms. The molecular weight excluding hydrogens is 472 g/mol. The fourth-order valence-electron chi connectivity index (χ4n) is 5.85. The molecule has 8 heteroatoms. The maximum atomic E-state index is 13.5. The van der Waals surface area contributed by atoms with Crippen molar-refractivity contribution in [2.45, 2.75) is 113 Å². The minimum atomic E-state index is -1.03. The highest BCUT2D eigenvalue weighted by atomic mass is 16.6. The Kier molecular flexibility index (Phi) is 10.8. The van der Waals surface area contributed by atoms with Crippen LogP contribution in [-0.4, -0.2) is 61.0 Å². The van der Waals surface area contributed by atoms with Gasteiger partial charge in [-0.15, -0.1) is 0 Å². The van der Waals surface area contributed by atoms with E-state index in [0.717, 1.165) is 6.42 Å². The SMILES string of the molecule is CCC(C)(CC(C)(CC(C)(C)C(=O)OCCN1CCCC1=O)C(=O)NC)C(=O)OC(C)(C)CC(C)(C)C. The molecule has 1 saturated heterocycles. The number of carbonyl (C=O) groups excluding carboxylic acids is 4. The van der Waals surface area contributed by atoms with Crippen LogP contribution in [0.2, 0.25) is 0 Å². The highest BCUT2D eigenvalue weighted by Gasteiger charge is 2.49. The average molecular weight is 525 g/mol. The van der Waals surface area contributed by atoms with Crippen molar-refractivity contribution in [3.05, 3.63) is 0 Å². The van der Waals surface area contributed by atoms with Crippen LogP contribution in [0, 0.1) is 21.7 Å². The van der Waals surface area contributed by atoms with Gasteiger partial charge >= 0.3 is 11.9 Å². The molecule has 1 aliphatic rings. The van der Waals surface area contributed by atoms with E-state index >= 15 is 0 Å². The Labute approximate surface area is 224 Å². The van der Waals surface area contributed by atoms with Crippen molar-refractivity contribution in [1.82, 2.24) is 10.2 Å². The second kappa shape index (κ2) is 12.2. The summed E-state index contributed by atoms with van der Waals surface area (Å²) in [5.41, 5.74) is -3.61. The van der Waals surface area contributed by atoms with Crippen molar-refractivity contribution in [3.63, 3.8) is 0 Å². The summed E-state index contributed by atoms with van der Waals surface area (Å²) in [6.07, 6.45) is 2.96. The van der Waals surface area contributed by atoms with Gasteiger partial charge in [0.25, 0.3) is 0 Å². The van der Waals surface area contributed by atoms with Crippen LogP contribution < -0.4 is 5.32 Å². The Bertz CT molecular complexity index is 844. The number of carbonyl (C=O) groups is 4. The zero-order valence-corrected chi connectivity index (χ0v) is 25.3. The Morgan fingerprint density at radius 2 is 1.49 bits per heavy atom. The van der Waals surface area contributed by atoms with E-state index in [2.05, 4.69) is 26.1 Å². The van der Waals surface area contributed by atoms with Gasteiger partial charge in [-0.25, -0.2) is 0 Å². The average Bonchev–Trinajstić information content (AvgIpc) is 3.14. The Balaban J connectivity index is 3.03. The largest absolute Gasteiger partial charge is 0.463 e. The zero-order valence-electron chi connectivity index (χ0n) is 25.3. The van der Waals surface area contributed by atoms with E-state index in [9.17, 15) is 19.2 Å². The molecule has 0 aliphatic carbocycles. The number of nitrogens with zero attached hydrogens (tertiary/aromatic N) is 1. The molecule has 1 rings (SSSR count). The predicted octanol–water partition coefficient (Wildman–Crippen LogP) is 4.89. The van der Waals surface area contributed by atoms with Crippen LogP contribution in [-0.2, 0) is 28.7 Å². The molecule has 8 nitrogen and oxygen atoms in total.